The van der Waals surface area contributed by atoms with E-state index in [1.807, 2.05) is 24.3 Å². The summed E-state index contributed by atoms with van der Waals surface area (Å²) in [4.78, 5) is 0. The summed E-state index contributed by atoms with van der Waals surface area (Å²) < 4.78 is 5.76. The maximum Gasteiger partial charge on any atom is 0.707 e. The summed E-state index contributed by atoms with van der Waals surface area (Å²) in [7, 11) is -1.78. The van der Waals surface area contributed by atoms with Crippen molar-refractivity contribution in [1.82, 2.24) is 0 Å². The SMILES string of the molecule is OB(O)Oc1ccc2cc(Br)ccc2c1. The van der Waals surface area contributed by atoms with Gasteiger partial charge in [0.2, 0.25) is 0 Å². The summed E-state index contributed by atoms with van der Waals surface area (Å²) in [6, 6.07) is 11.1. The highest BCUT2D eigenvalue weighted by atomic mass is 79.9. The molecule has 2 rings (SSSR count). The number of rotatable bonds is 2. The molecule has 0 aliphatic carbocycles. The summed E-state index contributed by atoms with van der Waals surface area (Å²) in [5.74, 6) is 0.430. The Morgan fingerprint density at radius 3 is 2.40 bits per heavy atom. The number of benzene rings is 2. The van der Waals surface area contributed by atoms with Gasteiger partial charge in [0.1, 0.15) is 5.75 Å². The van der Waals surface area contributed by atoms with Gasteiger partial charge < -0.3 is 14.7 Å². The van der Waals surface area contributed by atoms with Gasteiger partial charge in [0.25, 0.3) is 0 Å². The first kappa shape index (κ1) is 10.5. The highest BCUT2D eigenvalue weighted by Gasteiger charge is 2.10. The molecule has 0 amide bonds. The van der Waals surface area contributed by atoms with Crippen molar-refractivity contribution in [2.24, 2.45) is 0 Å². The van der Waals surface area contributed by atoms with Gasteiger partial charge in [-0.25, -0.2) is 0 Å². The van der Waals surface area contributed by atoms with E-state index in [-0.39, 0.29) is 0 Å². The van der Waals surface area contributed by atoms with Gasteiger partial charge in [0.05, 0.1) is 0 Å². The number of hydrogen-bond donors (Lipinski definition) is 2. The Labute approximate surface area is 95.6 Å². The van der Waals surface area contributed by atoms with E-state index in [9.17, 15) is 0 Å². The zero-order valence-electron chi connectivity index (χ0n) is 7.72. The first-order valence-electron chi connectivity index (χ1n) is 4.37. The van der Waals surface area contributed by atoms with Gasteiger partial charge in [-0.1, -0.05) is 28.1 Å². The van der Waals surface area contributed by atoms with Crippen LogP contribution in [0.15, 0.2) is 40.9 Å². The largest absolute Gasteiger partial charge is 0.707 e. The third-order valence-electron chi connectivity index (χ3n) is 2.02. The highest BCUT2D eigenvalue weighted by Crippen LogP contribution is 2.24. The van der Waals surface area contributed by atoms with Crippen LogP contribution in [0.25, 0.3) is 10.8 Å². The van der Waals surface area contributed by atoms with Gasteiger partial charge in [0, 0.05) is 4.47 Å². The van der Waals surface area contributed by atoms with Gasteiger partial charge >= 0.3 is 7.32 Å². The maximum absolute atomic E-state index is 8.65. The van der Waals surface area contributed by atoms with Crippen LogP contribution in [0.1, 0.15) is 0 Å². The van der Waals surface area contributed by atoms with Crippen LogP contribution in [-0.2, 0) is 0 Å². The Balaban J connectivity index is 2.43. The Hall–Kier alpha value is -1.04. The molecule has 0 heterocycles. The minimum atomic E-state index is -1.78. The molecule has 15 heavy (non-hydrogen) atoms. The second-order valence-corrected chi connectivity index (χ2v) is 4.01. The molecule has 3 nitrogen and oxygen atoms in total. The molecule has 0 radical (unpaired) electrons. The van der Waals surface area contributed by atoms with Gasteiger partial charge in [-0.15, -0.1) is 0 Å². The van der Waals surface area contributed by atoms with Crippen LogP contribution in [0.3, 0.4) is 0 Å². The molecule has 0 spiro atoms. The fraction of sp³-hybridized carbons (Fsp3) is 0. The number of halogens is 1. The minimum Gasteiger partial charge on any atom is -0.512 e. The summed E-state index contributed by atoms with van der Waals surface area (Å²) >= 11 is 3.38. The molecule has 0 aliphatic rings. The lowest BCUT2D eigenvalue weighted by atomic mass is 10.1. The van der Waals surface area contributed by atoms with Crippen LogP contribution in [0.2, 0.25) is 0 Å². The Kier molecular flexibility index (Phi) is 2.95. The van der Waals surface area contributed by atoms with Gasteiger partial charge in [-0.2, -0.15) is 0 Å². The first-order chi connectivity index (χ1) is 7.15. The lowest BCUT2D eigenvalue weighted by Gasteiger charge is -2.05. The fourth-order valence-corrected chi connectivity index (χ4v) is 1.77. The normalized spacial score (nSPS) is 10.3. The lowest BCUT2D eigenvalue weighted by molar-refractivity contribution is 0.288. The average Bonchev–Trinajstić information content (AvgIpc) is 2.17. The molecule has 0 aliphatic heterocycles. The molecule has 0 saturated carbocycles. The third kappa shape index (κ3) is 2.50. The second-order valence-electron chi connectivity index (χ2n) is 3.10. The van der Waals surface area contributed by atoms with Crippen molar-refractivity contribution >= 4 is 34.0 Å². The molecule has 2 N–H and O–H groups in total. The summed E-state index contributed by atoms with van der Waals surface area (Å²) in [6.45, 7) is 0. The molecule has 0 aromatic heterocycles. The van der Waals surface area contributed by atoms with E-state index >= 15 is 0 Å². The fourth-order valence-electron chi connectivity index (χ4n) is 1.39. The Morgan fingerprint density at radius 2 is 1.67 bits per heavy atom. The molecule has 0 unspecified atom stereocenters. The van der Waals surface area contributed by atoms with Crippen LogP contribution in [0, 0.1) is 0 Å². The Morgan fingerprint density at radius 1 is 1.00 bits per heavy atom. The van der Waals surface area contributed by atoms with Gasteiger partial charge in [-0.3, -0.25) is 0 Å². The zero-order valence-corrected chi connectivity index (χ0v) is 9.31. The van der Waals surface area contributed by atoms with Crippen molar-refractivity contribution in [3.05, 3.63) is 40.9 Å². The smallest absolute Gasteiger partial charge is 0.512 e. The number of hydrogen-bond acceptors (Lipinski definition) is 3. The standard InChI is InChI=1S/C10H8BBrO3/c12-9-3-1-8-6-10(15-11(13)14)4-2-7(8)5-9/h1-6,13-14H. The van der Waals surface area contributed by atoms with Crippen molar-refractivity contribution in [3.63, 3.8) is 0 Å². The van der Waals surface area contributed by atoms with Crippen LogP contribution in [0.4, 0.5) is 0 Å². The van der Waals surface area contributed by atoms with Crippen molar-refractivity contribution in [3.8, 4) is 5.75 Å². The van der Waals surface area contributed by atoms with Crippen molar-refractivity contribution < 1.29 is 14.7 Å². The summed E-state index contributed by atoms with van der Waals surface area (Å²) in [6.07, 6.45) is 0. The van der Waals surface area contributed by atoms with E-state index in [1.165, 1.54) is 0 Å². The summed E-state index contributed by atoms with van der Waals surface area (Å²) in [5.41, 5.74) is 0. The third-order valence-corrected chi connectivity index (χ3v) is 2.51. The van der Waals surface area contributed by atoms with Gasteiger partial charge in [-0.05, 0) is 35.0 Å². The minimum absolute atomic E-state index is 0.430. The molecule has 76 valence electrons. The molecule has 0 bridgehead atoms. The topological polar surface area (TPSA) is 49.7 Å². The molecule has 0 atom stereocenters. The molecule has 2 aromatic rings. The van der Waals surface area contributed by atoms with Crippen LogP contribution >= 0.6 is 15.9 Å². The lowest BCUT2D eigenvalue weighted by Crippen LogP contribution is -2.20. The summed E-state index contributed by atoms with van der Waals surface area (Å²) in [5, 5.41) is 19.3. The van der Waals surface area contributed by atoms with Crippen molar-refractivity contribution in [2.75, 3.05) is 0 Å². The first-order valence-corrected chi connectivity index (χ1v) is 5.16. The number of fused-ring (bicyclic) bond motifs is 1. The van der Waals surface area contributed by atoms with Crippen molar-refractivity contribution in [2.45, 2.75) is 0 Å². The quantitative estimate of drug-likeness (QED) is 0.817. The predicted molar refractivity (Wildman–Crippen MR) is 62.5 cm³/mol. The van der Waals surface area contributed by atoms with Crippen LogP contribution in [0.5, 0.6) is 5.75 Å². The van der Waals surface area contributed by atoms with Crippen LogP contribution < -0.4 is 4.65 Å². The zero-order chi connectivity index (χ0) is 10.8. The molecule has 2 aromatic carbocycles. The molecule has 0 saturated heterocycles. The highest BCUT2D eigenvalue weighted by molar-refractivity contribution is 9.10. The van der Waals surface area contributed by atoms with Crippen molar-refractivity contribution in [1.29, 1.82) is 0 Å². The van der Waals surface area contributed by atoms with E-state index in [1.54, 1.807) is 12.1 Å². The van der Waals surface area contributed by atoms with E-state index < -0.39 is 7.32 Å². The Bertz CT molecular complexity index is 487. The monoisotopic (exact) mass is 266 g/mol. The molecule has 5 heteroatoms. The second kappa shape index (κ2) is 4.22. The maximum atomic E-state index is 8.65. The van der Waals surface area contributed by atoms with Gasteiger partial charge in [0.15, 0.2) is 0 Å². The van der Waals surface area contributed by atoms with E-state index in [0.717, 1.165) is 15.2 Å². The molecule has 0 fully saturated rings. The van der Waals surface area contributed by atoms with E-state index in [0.29, 0.717) is 5.75 Å². The average molecular weight is 267 g/mol. The van der Waals surface area contributed by atoms with Crippen LogP contribution in [-0.4, -0.2) is 17.4 Å². The predicted octanol–water partition coefficient (Wildman–Crippen LogP) is 1.95. The molecular formula is C10H8BBrO3. The molecular weight excluding hydrogens is 259 g/mol. The van der Waals surface area contributed by atoms with E-state index in [4.69, 9.17) is 14.7 Å². The van der Waals surface area contributed by atoms with E-state index in [2.05, 4.69) is 15.9 Å².